The maximum absolute atomic E-state index is 12.3. The van der Waals surface area contributed by atoms with Crippen LogP contribution in [0.15, 0.2) is 68.5 Å². The van der Waals surface area contributed by atoms with Gasteiger partial charge in [0.25, 0.3) is 5.69 Å². The number of methoxy groups -OCH3 is 1. The molecule has 0 fully saturated rings. The van der Waals surface area contributed by atoms with Crippen LogP contribution in [0.1, 0.15) is 32.2 Å². The van der Waals surface area contributed by atoms with Crippen LogP contribution < -0.4 is 5.43 Å². The highest BCUT2D eigenvalue weighted by Gasteiger charge is 2.15. The zero-order chi connectivity index (χ0) is 23.5. The molecule has 2 aromatic heterocycles. The summed E-state index contributed by atoms with van der Waals surface area (Å²) in [7, 11) is 1.31. The average Bonchev–Trinajstić information content (AvgIpc) is 3.45. The van der Waals surface area contributed by atoms with Gasteiger partial charge in [-0.1, -0.05) is 6.07 Å². The number of nitro groups is 1. The van der Waals surface area contributed by atoms with Gasteiger partial charge < -0.3 is 13.6 Å². The number of hydrogen-bond acceptors (Lipinski definition) is 8. The Morgan fingerprint density at radius 2 is 1.91 bits per heavy atom. The molecular weight excluding hydrogens is 430 g/mol. The number of carbonyl (C=O) groups excluding carboxylic acids is 2. The summed E-state index contributed by atoms with van der Waals surface area (Å²) in [5.41, 5.74) is 4.58. The molecule has 10 nitrogen and oxygen atoms in total. The molecule has 0 saturated heterocycles. The van der Waals surface area contributed by atoms with Gasteiger partial charge in [-0.15, -0.1) is 0 Å². The Hall–Kier alpha value is -4.73. The van der Waals surface area contributed by atoms with Gasteiger partial charge in [-0.25, -0.2) is 10.2 Å². The number of fused-ring (bicyclic) bond motifs is 1. The number of aryl methyl sites for hydroxylation is 1. The summed E-state index contributed by atoms with van der Waals surface area (Å²) in [4.78, 5) is 34.4. The highest BCUT2D eigenvalue weighted by atomic mass is 16.6. The van der Waals surface area contributed by atoms with Crippen LogP contribution in [-0.2, 0) is 4.74 Å². The third-order valence-electron chi connectivity index (χ3n) is 4.84. The summed E-state index contributed by atoms with van der Waals surface area (Å²) in [6, 6.07) is 14.0. The van der Waals surface area contributed by atoms with Crippen molar-refractivity contribution in [2.45, 2.75) is 6.92 Å². The normalized spacial score (nSPS) is 11.1. The number of nitro benzene ring substituents is 1. The zero-order valence-corrected chi connectivity index (χ0v) is 17.5. The molecule has 0 bridgehead atoms. The molecule has 0 saturated carbocycles. The fourth-order valence-electron chi connectivity index (χ4n) is 3.17. The number of furan rings is 2. The first-order valence-electron chi connectivity index (χ1n) is 9.66. The molecule has 1 N–H and O–H groups in total. The minimum atomic E-state index is -0.626. The number of amides is 1. The fourth-order valence-corrected chi connectivity index (χ4v) is 3.17. The van der Waals surface area contributed by atoms with Crippen molar-refractivity contribution in [3.05, 3.63) is 87.4 Å². The van der Waals surface area contributed by atoms with E-state index in [0.717, 1.165) is 11.1 Å². The molecule has 0 aliphatic carbocycles. The Balaban J connectivity index is 1.47. The van der Waals surface area contributed by atoms with E-state index in [0.29, 0.717) is 28.1 Å². The second-order valence-electron chi connectivity index (χ2n) is 7.01. The van der Waals surface area contributed by atoms with Crippen molar-refractivity contribution in [1.29, 1.82) is 0 Å². The van der Waals surface area contributed by atoms with Crippen LogP contribution in [0.2, 0.25) is 0 Å². The topological polar surface area (TPSA) is 137 Å². The second-order valence-corrected chi connectivity index (χ2v) is 7.01. The smallest absolute Gasteiger partial charge is 0.337 e. The molecule has 10 heteroatoms. The van der Waals surface area contributed by atoms with E-state index in [9.17, 15) is 19.7 Å². The van der Waals surface area contributed by atoms with Crippen molar-refractivity contribution in [3.63, 3.8) is 0 Å². The largest absolute Gasteiger partial charge is 0.465 e. The summed E-state index contributed by atoms with van der Waals surface area (Å²) in [5, 5.41) is 15.2. The number of benzene rings is 2. The van der Waals surface area contributed by atoms with Crippen LogP contribution in [0.4, 0.5) is 5.69 Å². The number of hydrogen-bond donors (Lipinski definition) is 1. The Morgan fingerprint density at radius 1 is 1.09 bits per heavy atom. The number of carbonyl (C=O) groups is 2. The molecule has 1 amide bonds. The fraction of sp³-hybridized carbons (Fsp3) is 0.0870. The van der Waals surface area contributed by atoms with E-state index >= 15 is 0 Å². The third kappa shape index (κ3) is 4.49. The van der Waals surface area contributed by atoms with Crippen LogP contribution in [-0.4, -0.2) is 30.1 Å². The Kier molecular flexibility index (Phi) is 5.73. The van der Waals surface area contributed by atoms with Gasteiger partial charge in [0, 0.05) is 23.1 Å². The molecule has 0 unspecified atom stereocenters. The maximum Gasteiger partial charge on any atom is 0.337 e. The SMILES string of the molecule is COC(=O)c1ccc(C)c(-c2ccc(/C=N\NC(=O)c3cc4cc([N+](=O)[O-])ccc4o3)o2)c1. The first-order valence-corrected chi connectivity index (χ1v) is 9.66. The maximum atomic E-state index is 12.3. The van der Waals surface area contributed by atoms with Crippen LogP contribution >= 0.6 is 0 Å². The summed E-state index contributed by atoms with van der Waals surface area (Å²) >= 11 is 0. The van der Waals surface area contributed by atoms with Crippen LogP contribution in [0.3, 0.4) is 0 Å². The summed E-state index contributed by atoms with van der Waals surface area (Å²) in [6.07, 6.45) is 1.31. The minimum Gasteiger partial charge on any atom is -0.465 e. The number of non-ortho nitro benzene ring substituents is 1. The van der Waals surface area contributed by atoms with E-state index < -0.39 is 16.8 Å². The average molecular weight is 447 g/mol. The molecule has 33 heavy (non-hydrogen) atoms. The van der Waals surface area contributed by atoms with Crippen LogP contribution in [0.25, 0.3) is 22.3 Å². The summed E-state index contributed by atoms with van der Waals surface area (Å²) < 4.78 is 15.9. The van der Waals surface area contributed by atoms with Gasteiger partial charge in [0.1, 0.15) is 17.1 Å². The molecular formula is C23H17N3O7. The van der Waals surface area contributed by atoms with Crippen molar-refractivity contribution in [2.24, 2.45) is 5.10 Å². The van der Waals surface area contributed by atoms with Gasteiger partial charge in [0.2, 0.25) is 0 Å². The van der Waals surface area contributed by atoms with Gasteiger partial charge in [0.05, 0.1) is 23.8 Å². The monoisotopic (exact) mass is 447 g/mol. The van der Waals surface area contributed by atoms with Gasteiger partial charge in [-0.05, 0) is 48.9 Å². The van der Waals surface area contributed by atoms with Gasteiger partial charge >= 0.3 is 11.9 Å². The molecule has 2 heterocycles. The van der Waals surface area contributed by atoms with Gasteiger partial charge in [-0.2, -0.15) is 5.10 Å². The second kappa shape index (κ2) is 8.79. The van der Waals surface area contributed by atoms with Crippen molar-refractivity contribution in [3.8, 4) is 11.3 Å². The van der Waals surface area contributed by atoms with Gasteiger partial charge in [-0.3, -0.25) is 14.9 Å². The lowest BCUT2D eigenvalue weighted by Gasteiger charge is -2.05. The number of rotatable bonds is 6. The first-order chi connectivity index (χ1) is 15.9. The van der Waals surface area contributed by atoms with Crippen molar-refractivity contribution >= 4 is 34.7 Å². The van der Waals surface area contributed by atoms with E-state index in [1.54, 1.807) is 30.3 Å². The van der Waals surface area contributed by atoms with Crippen LogP contribution in [0, 0.1) is 17.0 Å². The standard InChI is InChI=1S/C23H17N3O7/c1-13-3-4-14(23(28)31-2)10-18(13)20-8-6-17(32-20)12-24-25-22(27)21-11-15-9-16(26(29)30)5-7-19(15)33-21/h3-12H,1-2H3,(H,25,27)/b24-12-. The van der Waals surface area contributed by atoms with Crippen molar-refractivity contribution in [2.75, 3.05) is 7.11 Å². The highest BCUT2D eigenvalue weighted by molar-refractivity contribution is 5.97. The molecule has 0 aliphatic heterocycles. The van der Waals surface area contributed by atoms with E-state index in [-0.39, 0.29) is 11.4 Å². The van der Waals surface area contributed by atoms with E-state index in [1.165, 1.54) is 37.6 Å². The molecule has 4 aromatic rings. The van der Waals surface area contributed by atoms with Crippen molar-refractivity contribution in [1.82, 2.24) is 5.43 Å². The Morgan fingerprint density at radius 3 is 2.67 bits per heavy atom. The van der Waals surface area contributed by atoms with Gasteiger partial charge in [0.15, 0.2) is 5.76 Å². The molecule has 2 aromatic carbocycles. The lowest BCUT2D eigenvalue weighted by Crippen LogP contribution is -2.16. The molecule has 0 atom stereocenters. The lowest BCUT2D eigenvalue weighted by atomic mass is 10.0. The molecule has 166 valence electrons. The number of nitrogens with zero attached hydrogens (tertiary/aromatic N) is 2. The molecule has 0 spiro atoms. The quantitative estimate of drug-likeness (QED) is 0.199. The van der Waals surface area contributed by atoms with Crippen molar-refractivity contribution < 1.29 is 28.1 Å². The minimum absolute atomic E-state index is 0.0435. The summed E-state index contributed by atoms with van der Waals surface area (Å²) in [5.74, 6) is -0.234. The van der Waals surface area contributed by atoms with E-state index in [4.69, 9.17) is 13.6 Å². The number of nitrogens with one attached hydrogen (secondary N) is 1. The predicted molar refractivity (Wildman–Crippen MR) is 118 cm³/mol. The summed E-state index contributed by atoms with van der Waals surface area (Å²) in [6.45, 7) is 1.88. The zero-order valence-electron chi connectivity index (χ0n) is 17.5. The lowest BCUT2D eigenvalue weighted by molar-refractivity contribution is -0.384. The first kappa shape index (κ1) is 21.5. The van der Waals surface area contributed by atoms with E-state index in [1.807, 2.05) is 6.92 Å². The highest BCUT2D eigenvalue weighted by Crippen LogP contribution is 2.27. The molecule has 4 rings (SSSR count). The third-order valence-corrected chi connectivity index (χ3v) is 4.84. The molecule has 0 aliphatic rings. The number of hydrazone groups is 1. The predicted octanol–water partition coefficient (Wildman–Crippen LogP) is 4.46. The van der Waals surface area contributed by atoms with Crippen LogP contribution in [0.5, 0.6) is 0 Å². The van der Waals surface area contributed by atoms with E-state index in [2.05, 4.69) is 10.5 Å². The number of ether oxygens (including phenoxy) is 1. The molecule has 0 radical (unpaired) electrons. The number of esters is 1. The Labute approximate surface area is 186 Å². The Bertz CT molecular complexity index is 1410.